The van der Waals surface area contributed by atoms with Gasteiger partial charge < -0.3 is 15.2 Å². The van der Waals surface area contributed by atoms with Crippen LogP contribution >= 0.6 is 0 Å². The SMILES string of the molecule is COc1ccc(CCOc2cc(CN)ccc2C)cc1. The molecule has 2 N–H and O–H groups in total. The number of hydrogen-bond donors (Lipinski definition) is 1. The molecule has 0 aliphatic carbocycles. The Morgan fingerprint density at radius 1 is 1.00 bits per heavy atom. The van der Waals surface area contributed by atoms with E-state index in [0.717, 1.165) is 29.0 Å². The van der Waals surface area contributed by atoms with E-state index >= 15 is 0 Å². The van der Waals surface area contributed by atoms with Crippen molar-refractivity contribution < 1.29 is 9.47 Å². The van der Waals surface area contributed by atoms with Crippen molar-refractivity contribution in [3.8, 4) is 11.5 Å². The van der Waals surface area contributed by atoms with Gasteiger partial charge in [0, 0.05) is 13.0 Å². The van der Waals surface area contributed by atoms with E-state index in [0.29, 0.717) is 13.2 Å². The molecule has 20 heavy (non-hydrogen) atoms. The quantitative estimate of drug-likeness (QED) is 0.878. The summed E-state index contributed by atoms with van der Waals surface area (Å²) in [7, 11) is 1.67. The van der Waals surface area contributed by atoms with Crippen LogP contribution in [0.2, 0.25) is 0 Å². The summed E-state index contributed by atoms with van der Waals surface area (Å²) >= 11 is 0. The number of hydrogen-bond acceptors (Lipinski definition) is 3. The monoisotopic (exact) mass is 271 g/mol. The molecule has 0 amide bonds. The number of benzene rings is 2. The molecule has 0 unspecified atom stereocenters. The van der Waals surface area contributed by atoms with Gasteiger partial charge in [-0.15, -0.1) is 0 Å². The van der Waals surface area contributed by atoms with Crippen molar-refractivity contribution in [3.05, 3.63) is 59.2 Å². The van der Waals surface area contributed by atoms with Crippen LogP contribution in [0.1, 0.15) is 16.7 Å². The van der Waals surface area contributed by atoms with Gasteiger partial charge in [0.15, 0.2) is 0 Å². The lowest BCUT2D eigenvalue weighted by molar-refractivity contribution is 0.319. The molecule has 0 fully saturated rings. The Kier molecular flexibility index (Phi) is 5.02. The molecule has 3 heteroatoms. The molecule has 0 atom stereocenters. The van der Waals surface area contributed by atoms with Crippen LogP contribution in [0.15, 0.2) is 42.5 Å². The fraction of sp³-hybridized carbons (Fsp3) is 0.294. The Morgan fingerprint density at radius 3 is 2.35 bits per heavy atom. The van der Waals surface area contributed by atoms with Gasteiger partial charge in [-0.2, -0.15) is 0 Å². The van der Waals surface area contributed by atoms with Crippen LogP contribution in [0.5, 0.6) is 11.5 Å². The third-order valence-corrected chi connectivity index (χ3v) is 3.30. The van der Waals surface area contributed by atoms with Gasteiger partial charge in [0.05, 0.1) is 13.7 Å². The maximum absolute atomic E-state index is 5.85. The Bertz CT molecular complexity index is 549. The number of aryl methyl sites for hydroxylation is 1. The molecular weight excluding hydrogens is 250 g/mol. The molecule has 0 spiro atoms. The summed E-state index contributed by atoms with van der Waals surface area (Å²) in [6, 6.07) is 14.2. The Morgan fingerprint density at radius 2 is 1.70 bits per heavy atom. The molecule has 106 valence electrons. The van der Waals surface area contributed by atoms with Crippen LogP contribution in [0.4, 0.5) is 0 Å². The number of methoxy groups -OCH3 is 1. The van der Waals surface area contributed by atoms with E-state index in [-0.39, 0.29) is 0 Å². The Balaban J connectivity index is 1.91. The molecule has 2 aromatic carbocycles. The summed E-state index contributed by atoms with van der Waals surface area (Å²) in [6.45, 7) is 3.24. The van der Waals surface area contributed by atoms with Crippen LogP contribution in [0, 0.1) is 6.92 Å². The predicted molar refractivity (Wildman–Crippen MR) is 81.3 cm³/mol. The van der Waals surface area contributed by atoms with E-state index in [1.54, 1.807) is 7.11 Å². The molecule has 0 aliphatic heterocycles. The standard InChI is InChI=1S/C17H21NO2/c1-13-3-4-15(12-18)11-17(13)20-10-9-14-5-7-16(19-2)8-6-14/h3-8,11H,9-10,12,18H2,1-2H3. The predicted octanol–water partition coefficient (Wildman–Crippen LogP) is 3.08. The van der Waals surface area contributed by atoms with E-state index in [2.05, 4.69) is 12.1 Å². The lowest BCUT2D eigenvalue weighted by atomic mass is 10.1. The van der Waals surface area contributed by atoms with E-state index in [9.17, 15) is 0 Å². The van der Waals surface area contributed by atoms with Crippen LogP contribution in [0.25, 0.3) is 0 Å². The van der Waals surface area contributed by atoms with Gasteiger partial charge in [0.25, 0.3) is 0 Å². The fourth-order valence-corrected chi connectivity index (χ4v) is 2.00. The van der Waals surface area contributed by atoms with Gasteiger partial charge in [-0.25, -0.2) is 0 Å². The third-order valence-electron chi connectivity index (χ3n) is 3.30. The van der Waals surface area contributed by atoms with Crippen molar-refractivity contribution >= 4 is 0 Å². The number of nitrogens with two attached hydrogens (primary N) is 1. The molecule has 0 aromatic heterocycles. The van der Waals surface area contributed by atoms with Gasteiger partial charge in [-0.3, -0.25) is 0 Å². The van der Waals surface area contributed by atoms with Gasteiger partial charge in [-0.1, -0.05) is 24.3 Å². The first-order valence-electron chi connectivity index (χ1n) is 6.78. The molecule has 2 aromatic rings. The van der Waals surface area contributed by atoms with Gasteiger partial charge in [0.1, 0.15) is 11.5 Å². The zero-order valence-corrected chi connectivity index (χ0v) is 12.1. The zero-order chi connectivity index (χ0) is 14.4. The highest BCUT2D eigenvalue weighted by atomic mass is 16.5. The molecule has 0 radical (unpaired) electrons. The summed E-state index contributed by atoms with van der Waals surface area (Å²) in [5.74, 6) is 1.79. The largest absolute Gasteiger partial charge is 0.497 e. The van der Waals surface area contributed by atoms with E-state index in [4.69, 9.17) is 15.2 Å². The minimum Gasteiger partial charge on any atom is -0.497 e. The van der Waals surface area contributed by atoms with Crippen LogP contribution in [-0.2, 0) is 13.0 Å². The van der Waals surface area contributed by atoms with Crippen LogP contribution in [0.3, 0.4) is 0 Å². The first-order valence-corrected chi connectivity index (χ1v) is 6.78. The summed E-state index contributed by atoms with van der Waals surface area (Å²) in [4.78, 5) is 0. The van der Waals surface area contributed by atoms with Gasteiger partial charge in [0.2, 0.25) is 0 Å². The molecule has 0 saturated carbocycles. The fourth-order valence-electron chi connectivity index (χ4n) is 2.00. The van der Waals surface area contributed by atoms with E-state index in [1.807, 2.05) is 37.3 Å². The van der Waals surface area contributed by atoms with E-state index < -0.39 is 0 Å². The van der Waals surface area contributed by atoms with Gasteiger partial charge in [-0.05, 0) is 41.8 Å². The van der Waals surface area contributed by atoms with Crippen molar-refractivity contribution in [1.29, 1.82) is 0 Å². The summed E-state index contributed by atoms with van der Waals surface area (Å²) in [6.07, 6.45) is 0.871. The minimum absolute atomic E-state index is 0.537. The summed E-state index contributed by atoms with van der Waals surface area (Å²) in [5, 5.41) is 0. The lowest BCUT2D eigenvalue weighted by Crippen LogP contribution is -2.04. The molecule has 2 rings (SSSR count). The zero-order valence-electron chi connectivity index (χ0n) is 12.1. The maximum Gasteiger partial charge on any atom is 0.122 e. The Hall–Kier alpha value is -2.00. The molecule has 0 saturated heterocycles. The summed E-state index contributed by atoms with van der Waals surface area (Å²) in [5.41, 5.74) is 9.11. The van der Waals surface area contributed by atoms with Gasteiger partial charge >= 0.3 is 0 Å². The van der Waals surface area contributed by atoms with Crippen LogP contribution in [-0.4, -0.2) is 13.7 Å². The molecule has 0 heterocycles. The number of rotatable bonds is 6. The van der Waals surface area contributed by atoms with Crippen molar-refractivity contribution in [3.63, 3.8) is 0 Å². The molecule has 3 nitrogen and oxygen atoms in total. The first kappa shape index (κ1) is 14.4. The topological polar surface area (TPSA) is 44.5 Å². The molecular formula is C17H21NO2. The number of ether oxygens (including phenoxy) is 2. The lowest BCUT2D eigenvalue weighted by Gasteiger charge is -2.11. The second-order valence-electron chi connectivity index (χ2n) is 4.75. The Labute approximate surface area is 120 Å². The average Bonchev–Trinajstić information content (AvgIpc) is 2.50. The normalized spacial score (nSPS) is 10.3. The maximum atomic E-state index is 5.85. The highest BCUT2D eigenvalue weighted by molar-refractivity contribution is 5.36. The molecule has 0 aliphatic rings. The van der Waals surface area contributed by atoms with Crippen molar-refractivity contribution in [2.24, 2.45) is 5.73 Å². The molecule has 0 bridgehead atoms. The average molecular weight is 271 g/mol. The van der Waals surface area contributed by atoms with Crippen LogP contribution < -0.4 is 15.2 Å². The van der Waals surface area contributed by atoms with E-state index in [1.165, 1.54) is 5.56 Å². The first-order chi connectivity index (χ1) is 9.72. The second kappa shape index (κ2) is 6.96. The highest BCUT2D eigenvalue weighted by Crippen LogP contribution is 2.20. The van der Waals surface area contributed by atoms with Crippen molar-refractivity contribution in [2.45, 2.75) is 19.9 Å². The third kappa shape index (κ3) is 3.75. The summed E-state index contributed by atoms with van der Waals surface area (Å²) < 4.78 is 11.0. The second-order valence-corrected chi connectivity index (χ2v) is 4.75. The van der Waals surface area contributed by atoms with Crippen molar-refractivity contribution in [1.82, 2.24) is 0 Å². The van der Waals surface area contributed by atoms with Crippen molar-refractivity contribution in [2.75, 3.05) is 13.7 Å². The highest BCUT2D eigenvalue weighted by Gasteiger charge is 2.02. The smallest absolute Gasteiger partial charge is 0.122 e. The minimum atomic E-state index is 0.537.